The predicted octanol–water partition coefficient (Wildman–Crippen LogP) is 1.87. The first kappa shape index (κ1) is 15.7. The lowest BCUT2D eigenvalue weighted by molar-refractivity contribution is 0.0462. The van der Waals surface area contributed by atoms with Crippen LogP contribution in [0.4, 0.5) is 0 Å². The van der Waals surface area contributed by atoms with Gasteiger partial charge in [-0.05, 0) is 32.8 Å². The van der Waals surface area contributed by atoms with Crippen molar-refractivity contribution in [3.8, 4) is 0 Å². The van der Waals surface area contributed by atoms with Crippen molar-refractivity contribution in [1.29, 1.82) is 0 Å². The second-order valence-corrected chi connectivity index (χ2v) is 5.76. The molecule has 0 aliphatic rings. The smallest absolute Gasteiger partial charge is 0.272 e. The van der Waals surface area contributed by atoms with E-state index < -0.39 is 5.54 Å². The molecule has 0 unspecified atom stereocenters. The zero-order valence-corrected chi connectivity index (χ0v) is 12.8. The molecule has 108 valence electrons. The number of aryl methyl sites for hydroxylation is 1. The molecule has 1 aromatic rings. The summed E-state index contributed by atoms with van der Waals surface area (Å²) in [4.78, 5) is 14.1. The summed E-state index contributed by atoms with van der Waals surface area (Å²) in [6, 6.07) is 1.85. The Kier molecular flexibility index (Phi) is 4.74. The Morgan fingerprint density at radius 3 is 2.53 bits per heavy atom. The Morgan fingerprint density at radius 1 is 1.53 bits per heavy atom. The van der Waals surface area contributed by atoms with Crippen LogP contribution in [0.3, 0.4) is 0 Å². The van der Waals surface area contributed by atoms with Crippen LogP contribution >= 0.6 is 0 Å². The highest BCUT2D eigenvalue weighted by atomic mass is 16.3. The number of rotatable bonds is 5. The maximum atomic E-state index is 12.5. The van der Waals surface area contributed by atoms with Crippen LogP contribution in [0.2, 0.25) is 0 Å². The number of aliphatic hydroxyl groups is 1. The van der Waals surface area contributed by atoms with E-state index in [1.54, 1.807) is 16.6 Å². The van der Waals surface area contributed by atoms with E-state index >= 15 is 0 Å². The summed E-state index contributed by atoms with van der Waals surface area (Å²) in [7, 11) is 1.71. The summed E-state index contributed by atoms with van der Waals surface area (Å²) in [5.41, 5.74) is 0.911. The Morgan fingerprint density at radius 2 is 2.11 bits per heavy atom. The molecule has 1 N–H and O–H groups in total. The van der Waals surface area contributed by atoms with Crippen LogP contribution in [-0.2, 0) is 6.54 Å². The highest BCUT2D eigenvalue weighted by Crippen LogP contribution is 2.19. The van der Waals surface area contributed by atoms with Gasteiger partial charge in [-0.1, -0.05) is 13.8 Å². The van der Waals surface area contributed by atoms with Gasteiger partial charge in [-0.3, -0.25) is 9.48 Å². The Labute approximate surface area is 115 Å². The summed E-state index contributed by atoms with van der Waals surface area (Å²) >= 11 is 0. The van der Waals surface area contributed by atoms with Crippen LogP contribution in [0.5, 0.6) is 0 Å². The van der Waals surface area contributed by atoms with Crippen LogP contribution in [-0.4, -0.2) is 44.9 Å². The molecule has 0 saturated heterocycles. The maximum Gasteiger partial charge on any atom is 0.272 e. The molecule has 0 atom stereocenters. The molecule has 0 bridgehead atoms. The summed E-state index contributed by atoms with van der Waals surface area (Å²) in [5.74, 6) is 0.177. The van der Waals surface area contributed by atoms with Crippen molar-refractivity contribution in [1.82, 2.24) is 14.7 Å². The first-order valence-corrected chi connectivity index (χ1v) is 6.71. The lowest BCUT2D eigenvalue weighted by Gasteiger charge is -2.33. The van der Waals surface area contributed by atoms with Gasteiger partial charge in [0.25, 0.3) is 5.91 Å². The number of carbonyl (C=O) groups excluding carboxylic acids is 1. The fourth-order valence-electron chi connectivity index (χ4n) is 1.68. The first-order valence-electron chi connectivity index (χ1n) is 6.71. The number of carbonyl (C=O) groups is 1. The van der Waals surface area contributed by atoms with E-state index in [0.717, 1.165) is 5.69 Å². The highest BCUT2D eigenvalue weighted by Gasteiger charge is 2.29. The predicted molar refractivity (Wildman–Crippen MR) is 75.2 cm³/mol. The number of aromatic nitrogens is 2. The molecule has 1 rings (SSSR count). The Balaban J connectivity index is 3.12. The summed E-state index contributed by atoms with van der Waals surface area (Å²) < 4.78 is 1.72. The Hall–Kier alpha value is -1.36. The molecule has 0 fully saturated rings. The number of likely N-dealkylation sites (N-methyl/N-ethyl adjacent to an activating group) is 1. The average Bonchev–Trinajstić information content (AvgIpc) is 2.81. The van der Waals surface area contributed by atoms with E-state index in [4.69, 9.17) is 0 Å². The highest BCUT2D eigenvalue weighted by molar-refractivity contribution is 5.93. The fraction of sp³-hybridized carbons (Fsp3) is 0.714. The van der Waals surface area contributed by atoms with Gasteiger partial charge < -0.3 is 10.0 Å². The first-order chi connectivity index (χ1) is 8.74. The minimum absolute atomic E-state index is 0.0768. The number of amides is 1. The van der Waals surface area contributed by atoms with Crippen molar-refractivity contribution in [2.75, 3.05) is 13.7 Å². The molecule has 5 nitrogen and oxygen atoms in total. The lowest BCUT2D eigenvalue weighted by atomic mass is 10.0. The molecule has 1 heterocycles. The molecular formula is C14H25N3O2. The third-order valence-corrected chi connectivity index (χ3v) is 3.51. The van der Waals surface area contributed by atoms with Gasteiger partial charge in [-0.2, -0.15) is 5.10 Å². The molecule has 5 heteroatoms. The van der Waals surface area contributed by atoms with Gasteiger partial charge >= 0.3 is 0 Å². The van der Waals surface area contributed by atoms with Crippen molar-refractivity contribution in [2.24, 2.45) is 0 Å². The normalized spacial score (nSPS) is 12.0. The average molecular weight is 267 g/mol. The molecule has 19 heavy (non-hydrogen) atoms. The standard InChI is InChI=1S/C14H25N3O2/c1-7-17-12(8-11(15-17)10(2)3)13(19)16(6)14(4,5)9-18/h8,10,18H,7,9H2,1-6H3. The monoisotopic (exact) mass is 267 g/mol. The van der Waals surface area contributed by atoms with Gasteiger partial charge in [0.15, 0.2) is 0 Å². The van der Waals surface area contributed by atoms with Crippen LogP contribution < -0.4 is 0 Å². The Bertz CT molecular complexity index is 450. The van der Waals surface area contributed by atoms with Gasteiger partial charge in [0, 0.05) is 13.6 Å². The molecule has 0 aromatic carbocycles. The fourth-order valence-corrected chi connectivity index (χ4v) is 1.68. The zero-order valence-electron chi connectivity index (χ0n) is 12.8. The van der Waals surface area contributed by atoms with Gasteiger partial charge in [0.2, 0.25) is 0 Å². The lowest BCUT2D eigenvalue weighted by Crippen LogP contribution is -2.48. The number of nitrogens with zero attached hydrogens (tertiary/aromatic N) is 3. The van der Waals surface area contributed by atoms with Crippen molar-refractivity contribution < 1.29 is 9.90 Å². The van der Waals surface area contributed by atoms with Crippen LogP contribution in [0.1, 0.15) is 56.7 Å². The summed E-state index contributed by atoms with van der Waals surface area (Å²) in [5, 5.41) is 13.8. The SMILES string of the molecule is CCn1nc(C(C)C)cc1C(=O)N(C)C(C)(C)CO. The quantitative estimate of drug-likeness (QED) is 0.886. The van der Waals surface area contributed by atoms with E-state index in [0.29, 0.717) is 12.2 Å². The van der Waals surface area contributed by atoms with Crippen LogP contribution in [0, 0.1) is 0 Å². The molecule has 0 aliphatic carbocycles. The van der Waals surface area contributed by atoms with E-state index in [1.807, 2.05) is 26.8 Å². The van der Waals surface area contributed by atoms with Crippen molar-refractivity contribution >= 4 is 5.91 Å². The molecule has 1 amide bonds. The minimum Gasteiger partial charge on any atom is -0.394 e. The minimum atomic E-state index is -0.585. The van der Waals surface area contributed by atoms with Crippen molar-refractivity contribution in [2.45, 2.75) is 52.6 Å². The van der Waals surface area contributed by atoms with Crippen LogP contribution in [0.25, 0.3) is 0 Å². The summed E-state index contributed by atoms with van der Waals surface area (Å²) in [6.07, 6.45) is 0. The van der Waals surface area contributed by atoms with Crippen molar-refractivity contribution in [3.63, 3.8) is 0 Å². The second kappa shape index (κ2) is 5.74. The molecule has 1 aromatic heterocycles. The van der Waals surface area contributed by atoms with E-state index in [-0.39, 0.29) is 18.4 Å². The van der Waals surface area contributed by atoms with E-state index in [9.17, 15) is 9.90 Å². The molecule has 0 aliphatic heterocycles. The molecular weight excluding hydrogens is 242 g/mol. The van der Waals surface area contributed by atoms with Gasteiger partial charge in [-0.15, -0.1) is 0 Å². The maximum absolute atomic E-state index is 12.5. The number of hydrogen-bond donors (Lipinski definition) is 1. The van der Waals surface area contributed by atoms with Crippen molar-refractivity contribution in [3.05, 3.63) is 17.5 Å². The van der Waals surface area contributed by atoms with Gasteiger partial charge in [0.05, 0.1) is 17.8 Å². The van der Waals surface area contributed by atoms with E-state index in [2.05, 4.69) is 18.9 Å². The topological polar surface area (TPSA) is 58.4 Å². The number of hydrogen-bond acceptors (Lipinski definition) is 3. The number of aliphatic hydroxyl groups excluding tert-OH is 1. The molecule has 0 saturated carbocycles. The van der Waals surface area contributed by atoms with Crippen LogP contribution in [0.15, 0.2) is 6.07 Å². The second-order valence-electron chi connectivity index (χ2n) is 5.76. The molecule has 0 radical (unpaired) electrons. The van der Waals surface area contributed by atoms with E-state index in [1.165, 1.54) is 0 Å². The summed E-state index contributed by atoms with van der Waals surface area (Å²) in [6.45, 7) is 10.3. The van der Waals surface area contributed by atoms with Gasteiger partial charge in [0.1, 0.15) is 5.69 Å². The van der Waals surface area contributed by atoms with Gasteiger partial charge in [-0.25, -0.2) is 0 Å². The third-order valence-electron chi connectivity index (χ3n) is 3.51. The zero-order chi connectivity index (χ0) is 14.8. The molecule has 0 spiro atoms. The third kappa shape index (κ3) is 3.15. The largest absolute Gasteiger partial charge is 0.394 e.